The first-order valence-electron chi connectivity index (χ1n) is 13.2. The predicted molar refractivity (Wildman–Crippen MR) is 151 cm³/mol. The molecule has 1 aliphatic heterocycles. The van der Waals surface area contributed by atoms with Crippen molar-refractivity contribution in [3.63, 3.8) is 0 Å². The Morgan fingerprint density at radius 3 is 2.08 bits per heavy atom. The lowest BCUT2D eigenvalue weighted by atomic mass is 9.76. The van der Waals surface area contributed by atoms with E-state index in [2.05, 4.69) is 6.92 Å². The van der Waals surface area contributed by atoms with Crippen LogP contribution in [0.5, 0.6) is 0 Å². The zero-order chi connectivity index (χ0) is 27.1. The first kappa shape index (κ1) is 28.4. The normalized spacial score (nSPS) is 17.8. The number of allylic oxidation sites excluding steroid dienone is 2. The molecule has 37 heavy (non-hydrogen) atoms. The van der Waals surface area contributed by atoms with E-state index in [1.807, 2.05) is 43.3 Å². The van der Waals surface area contributed by atoms with E-state index in [0.717, 1.165) is 24.9 Å². The molecular weight excluding hydrogens is 486 g/mol. The number of nitrogens with zero attached hydrogens (tertiary/aromatic N) is 1. The van der Waals surface area contributed by atoms with Gasteiger partial charge in [0, 0.05) is 25.4 Å². The summed E-state index contributed by atoms with van der Waals surface area (Å²) >= 11 is 5.23. The van der Waals surface area contributed by atoms with Gasteiger partial charge in [-0.1, -0.05) is 82.6 Å². The number of unbranched alkanes of at least 4 members (excludes halogenated alkanes) is 8. The van der Waals surface area contributed by atoms with Crippen LogP contribution in [0.25, 0.3) is 0 Å². The minimum atomic E-state index is -0.815. The van der Waals surface area contributed by atoms with Crippen molar-refractivity contribution < 1.29 is 19.4 Å². The zero-order valence-corrected chi connectivity index (χ0v) is 23.0. The molecule has 2 aliphatic rings. The van der Waals surface area contributed by atoms with Gasteiger partial charge in [0.2, 0.25) is 11.6 Å². The van der Waals surface area contributed by atoms with Crippen LogP contribution in [0.1, 0.15) is 82.6 Å². The van der Waals surface area contributed by atoms with E-state index in [-0.39, 0.29) is 33.4 Å². The standard InChI is InChI=1S/C29H39N3O4S/c1-4-5-6-7-8-9-10-11-12-13-20-24(33)26(35)22-21(18-14-16-19(17-15-18)32(2)3)23(29(31)37)28(30)36-27(22)25(20)34/h14-17,21,33H,4-13,30H2,1-3H3,(H2,31,37). The molecule has 0 saturated carbocycles. The fourth-order valence-corrected chi connectivity index (χ4v) is 5.17. The highest BCUT2D eigenvalue weighted by molar-refractivity contribution is 7.80. The van der Waals surface area contributed by atoms with E-state index in [1.54, 1.807) is 0 Å². The van der Waals surface area contributed by atoms with Crippen molar-refractivity contribution in [3.05, 3.63) is 63.9 Å². The van der Waals surface area contributed by atoms with Crippen LogP contribution in [0.15, 0.2) is 58.4 Å². The largest absolute Gasteiger partial charge is 0.504 e. The van der Waals surface area contributed by atoms with Crippen LogP contribution >= 0.6 is 12.2 Å². The second-order valence-electron chi connectivity index (χ2n) is 9.97. The average Bonchev–Trinajstić information content (AvgIpc) is 2.87. The molecule has 8 heteroatoms. The minimum Gasteiger partial charge on any atom is -0.504 e. The number of hydrogen-bond acceptors (Lipinski definition) is 7. The number of carbonyl (C=O) groups excluding carboxylic acids is 2. The van der Waals surface area contributed by atoms with Crippen LogP contribution in [-0.2, 0) is 14.3 Å². The molecule has 0 spiro atoms. The second kappa shape index (κ2) is 12.9. The van der Waals surface area contributed by atoms with Crippen LogP contribution < -0.4 is 16.4 Å². The fraction of sp³-hybridized carbons (Fsp3) is 0.483. The maximum atomic E-state index is 13.5. The molecule has 0 amide bonds. The second-order valence-corrected chi connectivity index (χ2v) is 10.4. The SMILES string of the molecule is CCCCCCCCCCCC1=C(O)C(=O)C2=C(OC(N)=C(C(N)=S)C2c2ccc(N(C)C)cc2)C1=O. The van der Waals surface area contributed by atoms with Gasteiger partial charge in [0.15, 0.2) is 17.4 Å². The predicted octanol–water partition coefficient (Wildman–Crippen LogP) is 5.46. The van der Waals surface area contributed by atoms with Crippen molar-refractivity contribution in [2.24, 2.45) is 11.5 Å². The number of carbonyl (C=O) groups is 2. The number of thiocarbonyl (C=S) groups is 1. The van der Waals surface area contributed by atoms with Crippen LogP contribution in [0, 0.1) is 0 Å². The quantitative estimate of drug-likeness (QED) is 0.176. The highest BCUT2D eigenvalue weighted by Gasteiger charge is 2.45. The molecule has 1 atom stereocenters. The van der Waals surface area contributed by atoms with Crippen LogP contribution in [0.3, 0.4) is 0 Å². The van der Waals surface area contributed by atoms with Gasteiger partial charge in [-0.3, -0.25) is 9.59 Å². The van der Waals surface area contributed by atoms with Crippen LogP contribution in [-0.4, -0.2) is 35.8 Å². The lowest BCUT2D eigenvalue weighted by molar-refractivity contribution is -0.120. The van der Waals surface area contributed by atoms with Crippen molar-refractivity contribution >= 4 is 34.5 Å². The van der Waals surface area contributed by atoms with Crippen molar-refractivity contribution in [1.82, 2.24) is 0 Å². The molecule has 1 aliphatic carbocycles. The molecule has 0 radical (unpaired) electrons. The number of hydrogen-bond donors (Lipinski definition) is 3. The maximum Gasteiger partial charge on any atom is 0.228 e. The number of aliphatic hydroxyl groups is 1. The Hall–Kier alpha value is -3.13. The van der Waals surface area contributed by atoms with Crippen LogP contribution in [0.2, 0.25) is 0 Å². The number of Topliss-reactive ketones (excluding diaryl/α,β-unsaturated/α-hetero) is 2. The summed E-state index contributed by atoms with van der Waals surface area (Å²) < 4.78 is 5.68. The van der Waals surface area contributed by atoms with E-state index < -0.39 is 23.2 Å². The summed E-state index contributed by atoms with van der Waals surface area (Å²) in [5, 5.41) is 10.8. The number of nitrogens with two attached hydrogens (primary N) is 2. The van der Waals surface area contributed by atoms with E-state index in [1.165, 1.54) is 32.1 Å². The Morgan fingerprint density at radius 1 is 0.973 bits per heavy atom. The summed E-state index contributed by atoms with van der Waals surface area (Å²) in [5.41, 5.74) is 14.1. The number of anilines is 1. The zero-order valence-electron chi connectivity index (χ0n) is 22.1. The van der Waals surface area contributed by atoms with Crippen molar-refractivity contribution in [3.8, 4) is 0 Å². The van der Waals surface area contributed by atoms with Gasteiger partial charge in [0.1, 0.15) is 4.99 Å². The number of ether oxygens (including phenoxy) is 1. The summed E-state index contributed by atoms with van der Waals surface area (Å²) in [6.45, 7) is 2.21. The number of rotatable bonds is 13. The lowest BCUT2D eigenvalue weighted by Crippen LogP contribution is -2.36. The monoisotopic (exact) mass is 525 g/mol. The molecule has 0 fully saturated rings. The first-order chi connectivity index (χ1) is 17.7. The minimum absolute atomic E-state index is 0.0212. The molecular formula is C29H39N3O4S. The molecule has 0 bridgehead atoms. The van der Waals surface area contributed by atoms with Gasteiger partial charge >= 0.3 is 0 Å². The molecule has 0 aromatic heterocycles. The molecule has 200 valence electrons. The van der Waals surface area contributed by atoms with Crippen molar-refractivity contribution in [2.45, 2.75) is 77.0 Å². The molecule has 1 heterocycles. The Labute approximate surface area is 225 Å². The maximum absolute atomic E-state index is 13.5. The van der Waals surface area contributed by atoms with Gasteiger partial charge in [0.05, 0.1) is 17.1 Å². The highest BCUT2D eigenvalue weighted by atomic mass is 32.1. The summed E-state index contributed by atoms with van der Waals surface area (Å²) in [7, 11) is 3.84. The highest BCUT2D eigenvalue weighted by Crippen LogP contribution is 2.44. The molecule has 1 aromatic rings. The molecule has 0 saturated heterocycles. The third-order valence-corrected chi connectivity index (χ3v) is 7.28. The van der Waals surface area contributed by atoms with E-state index in [4.69, 9.17) is 28.4 Å². The average molecular weight is 526 g/mol. The molecule has 1 aromatic carbocycles. The van der Waals surface area contributed by atoms with Gasteiger partial charge < -0.3 is 26.2 Å². The molecule has 3 rings (SSSR count). The summed E-state index contributed by atoms with van der Waals surface area (Å²) in [6.07, 6.45) is 10.4. The van der Waals surface area contributed by atoms with Gasteiger partial charge in [-0.25, -0.2) is 0 Å². The lowest BCUT2D eigenvalue weighted by Gasteiger charge is -2.32. The van der Waals surface area contributed by atoms with Crippen molar-refractivity contribution in [1.29, 1.82) is 0 Å². The Morgan fingerprint density at radius 2 is 1.54 bits per heavy atom. The first-order valence-corrected chi connectivity index (χ1v) is 13.6. The third-order valence-electron chi connectivity index (χ3n) is 7.06. The third kappa shape index (κ3) is 6.42. The topological polar surface area (TPSA) is 119 Å². The summed E-state index contributed by atoms with van der Waals surface area (Å²) in [4.78, 5) is 28.8. The Balaban J connectivity index is 1.79. The van der Waals surface area contributed by atoms with Gasteiger partial charge in [-0.2, -0.15) is 0 Å². The molecule has 7 nitrogen and oxygen atoms in total. The van der Waals surface area contributed by atoms with E-state index in [9.17, 15) is 14.7 Å². The van der Waals surface area contributed by atoms with E-state index >= 15 is 0 Å². The number of ketones is 2. The molecule has 1 unspecified atom stereocenters. The van der Waals surface area contributed by atoms with Gasteiger partial charge in [0.25, 0.3) is 0 Å². The fourth-order valence-electron chi connectivity index (χ4n) is 4.96. The number of aliphatic hydroxyl groups excluding tert-OH is 1. The summed E-state index contributed by atoms with van der Waals surface area (Å²) in [5.74, 6) is -2.74. The Bertz CT molecular complexity index is 1130. The number of benzene rings is 1. The smallest absolute Gasteiger partial charge is 0.228 e. The van der Waals surface area contributed by atoms with Gasteiger partial charge in [-0.05, 0) is 30.5 Å². The van der Waals surface area contributed by atoms with Crippen molar-refractivity contribution in [2.75, 3.05) is 19.0 Å². The van der Waals surface area contributed by atoms with Crippen LogP contribution in [0.4, 0.5) is 5.69 Å². The Kier molecular flexibility index (Phi) is 9.92. The summed E-state index contributed by atoms with van der Waals surface area (Å²) in [6, 6.07) is 7.44. The van der Waals surface area contributed by atoms with E-state index in [0.29, 0.717) is 18.4 Å². The van der Waals surface area contributed by atoms with Gasteiger partial charge in [-0.15, -0.1) is 0 Å². The molecule has 5 N–H and O–H groups in total.